The number of nitrogens with two attached hydrogens (primary N) is 2. The van der Waals surface area contributed by atoms with Crippen molar-refractivity contribution < 1.29 is 42.0 Å². The number of halogens is 1. The Morgan fingerprint density at radius 2 is 2.05 bits per heavy atom. The number of aromatic nitrogens is 7. The first kappa shape index (κ1) is 31.3. The average Bonchev–Trinajstić information content (AvgIpc) is 3.73. The number of ether oxygens (including phenoxy) is 2. The van der Waals surface area contributed by atoms with Gasteiger partial charge in [-0.15, -0.1) is 4.52 Å². The molecular weight excluding hydrogens is 667 g/mol. The van der Waals surface area contributed by atoms with Crippen molar-refractivity contribution in [2.24, 2.45) is 0 Å². The third-order valence-corrected chi connectivity index (χ3v) is 9.33. The van der Waals surface area contributed by atoms with E-state index in [4.69, 9.17) is 46.3 Å². The zero-order valence-corrected chi connectivity index (χ0v) is 25.7. The highest BCUT2D eigenvalue weighted by molar-refractivity contribution is 8.39. The average molecular weight is 693 g/mol. The van der Waals surface area contributed by atoms with Crippen molar-refractivity contribution in [3.05, 3.63) is 35.3 Å². The SMILES string of the molecule is Nc1nc2c(ncn2[C@@H]2O[C@H](CO)C[C@H]2OP(O)(=S)OC[C@H]2O[C@@H](n3ccc4c(N)ncnc43)[C@@H](F)[C@@H]2O[P+](=O)S)c(=O)[nH]1. The van der Waals surface area contributed by atoms with E-state index in [1.165, 1.54) is 28.0 Å². The summed E-state index contributed by atoms with van der Waals surface area (Å²) in [7, 11) is -2.57. The molecule has 7 N–H and O–H groups in total. The molecule has 18 nitrogen and oxygen atoms in total. The Balaban J connectivity index is 1.20. The Morgan fingerprint density at radius 3 is 2.80 bits per heavy atom. The summed E-state index contributed by atoms with van der Waals surface area (Å²) in [4.78, 5) is 41.8. The molecule has 0 aliphatic carbocycles. The zero-order valence-electron chi connectivity index (χ0n) is 22.2. The van der Waals surface area contributed by atoms with Gasteiger partial charge in [-0.2, -0.15) is 4.98 Å². The molecule has 0 saturated carbocycles. The Bertz CT molecular complexity index is 1830. The van der Waals surface area contributed by atoms with E-state index >= 15 is 4.39 Å². The summed E-state index contributed by atoms with van der Waals surface area (Å²) in [6.45, 7) is -5.05. The molecule has 2 fully saturated rings. The standard InChI is InChI=1S/C21H24FN9O9P2S2/c22-12-14(39-41(34)43)11(38-20(12)30-2-1-9-15(23)25-6-26-16(9)30)5-36-42(35,44)40-10-3-8(4-32)37-19(10)31-7-27-13-17(31)28-21(24)29-18(13)33/h1-2,6-8,10-12,14,19-20,32H,3-5H2,(H6-,23,24,25,26,28,29,33,34,35,43,44)/p+1/t8-,10+,11+,12-,14+,19+,20+,42?/m0/s1. The van der Waals surface area contributed by atoms with E-state index in [1.807, 2.05) is 0 Å². The van der Waals surface area contributed by atoms with E-state index in [-0.39, 0.29) is 35.0 Å². The molecule has 2 saturated heterocycles. The lowest BCUT2D eigenvalue weighted by molar-refractivity contribution is -0.0537. The molecule has 9 atom stereocenters. The minimum atomic E-state index is -4.12. The molecule has 4 aromatic heterocycles. The third-order valence-electron chi connectivity index (χ3n) is 7.04. The van der Waals surface area contributed by atoms with E-state index in [0.717, 1.165) is 0 Å². The van der Waals surface area contributed by atoms with Gasteiger partial charge in [0, 0.05) is 12.6 Å². The fourth-order valence-corrected chi connectivity index (χ4v) is 7.38. The Morgan fingerprint density at radius 1 is 1.25 bits per heavy atom. The van der Waals surface area contributed by atoms with E-state index in [0.29, 0.717) is 5.39 Å². The molecule has 6 rings (SSSR count). The lowest BCUT2D eigenvalue weighted by atomic mass is 10.1. The van der Waals surface area contributed by atoms with Crippen molar-refractivity contribution >= 4 is 72.0 Å². The number of alkyl halides is 1. The summed E-state index contributed by atoms with van der Waals surface area (Å²) < 4.78 is 58.6. The Labute approximate surface area is 257 Å². The summed E-state index contributed by atoms with van der Waals surface area (Å²) in [5.41, 5.74) is 11.3. The predicted molar refractivity (Wildman–Crippen MR) is 158 cm³/mol. The number of H-pyrrole nitrogens is 1. The first-order chi connectivity index (χ1) is 21.0. The number of nitrogen functional groups attached to an aromatic ring is 2. The molecule has 6 heterocycles. The van der Waals surface area contributed by atoms with Crippen LogP contribution >= 0.6 is 26.2 Å². The van der Waals surface area contributed by atoms with Gasteiger partial charge in [-0.25, -0.2) is 19.3 Å². The van der Waals surface area contributed by atoms with E-state index in [2.05, 4.69) is 37.2 Å². The smallest absolute Gasteiger partial charge is 0.394 e. The van der Waals surface area contributed by atoms with Gasteiger partial charge in [0.25, 0.3) is 5.56 Å². The number of fused-ring (bicyclic) bond motifs is 2. The number of imidazole rings is 1. The molecule has 0 aromatic carbocycles. The summed E-state index contributed by atoms with van der Waals surface area (Å²) in [6.07, 6.45) is -4.60. The molecule has 0 amide bonds. The molecule has 0 bridgehead atoms. The van der Waals surface area contributed by atoms with Crippen LogP contribution in [0.2, 0.25) is 0 Å². The van der Waals surface area contributed by atoms with Gasteiger partial charge in [0.1, 0.15) is 42.2 Å². The number of thiol groups is 1. The topological polar surface area (TPSA) is 250 Å². The first-order valence-corrected chi connectivity index (χ1v) is 17.7. The van der Waals surface area contributed by atoms with Gasteiger partial charge in [0.2, 0.25) is 5.95 Å². The van der Waals surface area contributed by atoms with Crippen LogP contribution < -0.4 is 17.0 Å². The third kappa shape index (κ3) is 5.97. The van der Waals surface area contributed by atoms with E-state index in [9.17, 15) is 19.4 Å². The lowest BCUT2D eigenvalue weighted by Gasteiger charge is -2.25. The van der Waals surface area contributed by atoms with Crippen molar-refractivity contribution in [2.45, 2.75) is 49.5 Å². The maximum atomic E-state index is 15.7. The molecule has 0 spiro atoms. The maximum absolute atomic E-state index is 15.7. The minimum Gasteiger partial charge on any atom is -0.394 e. The molecule has 4 aromatic rings. The number of aromatic amines is 1. The number of hydrogen-bond donors (Lipinski definition) is 6. The van der Waals surface area contributed by atoms with E-state index in [1.54, 1.807) is 6.07 Å². The predicted octanol–water partition coefficient (Wildman–Crippen LogP) is 0.835. The summed E-state index contributed by atoms with van der Waals surface area (Å²) in [5.74, 6) is 0.0115. The van der Waals surface area contributed by atoms with Gasteiger partial charge >= 0.3 is 13.9 Å². The fourth-order valence-electron chi connectivity index (χ4n) is 5.15. The van der Waals surface area contributed by atoms with Crippen molar-refractivity contribution in [1.82, 2.24) is 34.1 Å². The number of aliphatic hydroxyl groups is 1. The molecule has 2 unspecified atom stereocenters. The first-order valence-electron chi connectivity index (χ1n) is 12.8. The van der Waals surface area contributed by atoms with Gasteiger partial charge in [-0.05, 0) is 22.4 Å². The van der Waals surface area contributed by atoms with Gasteiger partial charge in [-0.3, -0.25) is 14.3 Å². The van der Waals surface area contributed by atoms with Gasteiger partial charge in [-0.1, -0.05) is 0 Å². The highest BCUT2D eigenvalue weighted by Crippen LogP contribution is 2.51. The van der Waals surface area contributed by atoms with Crippen LogP contribution in [-0.2, 0) is 39.4 Å². The lowest BCUT2D eigenvalue weighted by Crippen LogP contribution is -2.32. The Kier molecular flexibility index (Phi) is 8.72. The van der Waals surface area contributed by atoms with Crippen molar-refractivity contribution in [3.63, 3.8) is 0 Å². The van der Waals surface area contributed by atoms with Crippen molar-refractivity contribution in [2.75, 3.05) is 24.7 Å². The van der Waals surface area contributed by atoms with Crippen molar-refractivity contribution in [1.29, 1.82) is 0 Å². The highest BCUT2D eigenvalue weighted by atomic mass is 32.7. The fraction of sp³-hybridized carbons (Fsp3) is 0.476. The molecule has 44 heavy (non-hydrogen) atoms. The number of rotatable bonds is 10. The van der Waals surface area contributed by atoms with Crippen LogP contribution in [0.4, 0.5) is 16.2 Å². The van der Waals surface area contributed by atoms with Gasteiger partial charge < -0.3 is 44.6 Å². The molecule has 2 aliphatic heterocycles. The quantitative estimate of drug-likeness (QED) is 0.0995. The number of nitrogens with one attached hydrogen (secondary N) is 1. The van der Waals surface area contributed by atoms with Crippen molar-refractivity contribution in [3.8, 4) is 0 Å². The van der Waals surface area contributed by atoms with Gasteiger partial charge in [0.05, 0.1) is 31.0 Å². The number of aliphatic hydroxyl groups excluding tert-OH is 1. The van der Waals surface area contributed by atoms with Crippen LogP contribution in [-0.4, -0.2) is 87.9 Å². The van der Waals surface area contributed by atoms with Crippen LogP contribution in [0.3, 0.4) is 0 Å². The molecular formula is C21H25FN9O9P2S2+. The summed E-state index contributed by atoms with van der Waals surface area (Å²) >= 11 is 8.99. The molecule has 0 radical (unpaired) electrons. The number of anilines is 2. The molecule has 236 valence electrons. The van der Waals surface area contributed by atoms with Crippen LogP contribution in [0, 0.1) is 0 Å². The number of hydrogen-bond acceptors (Lipinski definition) is 15. The monoisotopic (exact) mass is 692 g/mol. The highest BCUT2D eigenvalue weighted by Gasteiger charge is 2.52. The summed E-state index contributed by atoms with van der Waals surface area (Å²) in [6, 6.07) is 1.59. The maximum Gasteiger partial charge on any atom is 0.582 e. The van der Waals surface area contributed by atoms with Crippen LogP contribution in [0.25, 0.3) is 22.2 Å². The normalized spacial score (nSPS) is 29.0. The Hall–Kier alpha value is -2.68. The van der Waals surface area contributed by atoms with Crippen LogP contribution in [0.5, 0.6) is 0 Å². The second-order valence-corrected chi connectivity index (χ2v) is 14.2. The second-order valence-electron chi connectivity index (χ2n) is 9.79. The number of nitrogens with zero attached hydrogens (tertiary/aromatic N) is 6. The van der Waals surface area contributed by atoms with Crippen LogP contribution in [0.15, 0.2) is 29.7 Å². The minimum absolute atomic E-state index is 0.0272. The second kappa shape index (κ2) is 12.3. The van der Waals surface area contributed by atoms with Gasteiger partial charge in [0.15, 0.2) is 35.9 Å². The summed E-state index contributed by atoms with van der Waals surface area (Å²) in [5, 5.41) is 10.2. The van der Waals surface area contributed by atoms with E-state index < -0.39 is 75.8 Å². The largest absolute Gasteiger partial charge is 0.582 e. The molecule has 2 aliphatic rings. The zero-order chi connectivity index (χ0) is 31.3. The van der Waals surface area contributed by atoms with Crippen LogP contribution in [0.1, 0.15) is 18.9 Å². The molecule has 23 heteroatoms.